The highest BCUT2D eigenvalue weighted by Gasteiger charge is 2.21. The summed E-state index contributed by atoms with van der Waals surface area (Å²) in [6.07, 6.45) is 0. The number of aromatic amines is 1. The Hall–Kier alpha value is -2.71. The number of fused-ring (bicyclic) bond motifs is 1. The number of sulfone groups is 1. The van der Waals surface area contributed by atoms with Gasteiger partial charge in [0.05, 0.1) is 23.8 Å². The van der Waals surface area contributed by atoms with E-state index in [4.69, 9.17) is 4.74 Å². The van der Waals surface area contributed by atoms with Gasteiger partial charge in [-0.1, -0.05) is 24.3 Å². The molecule has 1 N–H and O–H groups in total. The van der Waals surface area contributed by atoms with E-state index in [0.29, 0.717) is 16.7 Å². The maximum atomic E-state index is 12.7. The molecular weight excluding hydrogens is 370 g/mol. The van der Waals surface area contributed by atoms with Gasteiger partial charge in [-0.3, -0.25) is 0 Å². The monoisotopic (exact) mass is 385 g/mol. The van der Waals surface area contributed by atoms with Crippen LogP contribution in [0.2, 0.25) is 0 Å². The maximum Gasteiger partial charge on any atom is 0.226 e. The molecule has 0 spiro atoms. The lowest BCUT2D eigenvalue weighted by atomic mass is 10.2. The summed E-state index contributed by atoms with van der Waals surface area (Å²) >= 11 is 1.40. The van der Waals surface area contributed by atoms with Crippen molar-refractivity contribution >= 4 is 32.2 Å². The summed E-state index contributed by atoms with van der Waals surface area (Å²) in [5, 5.41) is 2.47. The Balaban J connectivity index is 1.61. The molecule has 4 rings (SSSR count). The van der Waals surface area contributed by atoms with Crippen LogP contribution >= 0.6 is 11.3 Å². The number of ether oxygens (including phenoxy) is 1. The standard InChI is InChI=1S/C18H15N3O3S2/c1-24-14-6-4-5-12(9-14)17-19-13(10-25-17)11-26(22,23)18-20-15-7-2-3-8-16(15)21-18/h2-10H,11H2,1H3,(H,20,21). The van der Waals surface area contributed by atoms with Gasteiger partial charge in [-0.2, -0.15) is 0 Å². The summed E-state index contributed by atoms with van der Waals surface area (Å²) in [4.78, 5) is 11.5. The second-order valence-electron chi connectivity index (χ2n) is 5.69. The number of hydrogen-bond donors (Lipinski definition) is 1. The van der Waals surface area contributed by atoms with Crippen LogP contribution < -0.4 is 4.74 Å². The fraction of sp³-hybridized carbons (Fsp3) is 0.111. The van der Waals surface area contributed by atoms with Gasteiger partial charge in [0.25, 0.3) is 0 Å². The van der Waals surface area contributed by atoms with Crippen molar-refractivity contribution in [3.63, 3.8) is 0 Å². The van der Waals surface area contributed by atoms with E-state index < -0.39 is 9.84 Å². The first-order valence-corrected chi connectivity index (χ1v) is 10.3. The summed E-state index contributed by atoms with van der Waals surface area (Å²) in [6.45, 7) is 0. The van der Waals surface area contributed by atoms with E-state index in [1.54, 1.807) is 24.6 Å². The van der Waals surface area contributed by atoms with Crippen molar-refractivity contribution in [1.82, 2.24) is 15.0 Å². The molecule has 0 aliphatic carbocycles. The molecule has 0 radical (unpaired) electrons. The number of para-hydroxylation sites is 2. The van der Waals surface area contributed by atoms with Gasteiger partial charge < -0.3 is 9.72 Å². The van der Waals surface area contributed by atoms with Crippen molar-refractivity contribution in [2.75, 3.05) is 7.11 Å². The molecule has 2 heterocycles. The second kappa shape index (κ2) is 6.54. The molecule has 6 nitrogen and oxygen atoms in total. The molecule has 0 unspecified atom stereocenters. The zero-order valence-corrected chi connectivity index (χ0v) is 15.5. The minimum absolute atomic E-state index is 0.0327. The molecule has 4 aromatic rings. The molecule has 0 saturated carbocycles. The number of methoxy groups -OCH3 is 1. The molecule has 0 fully saturated rings. The summed E-state index contributed by atoms with van der Waals surface area (Å²) in [6, 6.07) is 14.7. The van der Waals surface area contributed by atoms with Crippen molar-refractivity contribution in [1.29, 1.82) is 0 Å². The van der Waals surface area contributed by atoms with Crippen molar-refractivity contribution < 1.29 is 13.2 Å². The molecule has 0 aliphatic heterocycles. The van der Waals surface area contributed by atoms with Crippen molar-refractivity contribution in [2.24, 2.45) is 0 Å². The molecule has 0 saturated heterocycles. The Morgan fingerprint density at radius 1 is 1.12 bits per heavy atom. The minimum atomic E-state index is -3.60. The molecule has 26 heavy (non-hydrogen) atoms. The first-order chi connectivity index (χ1) is 12.5. The molecule has 2 aromatic carbocycles. The van der Waals surface area contributed by atoms with Crippen LogP contribution in [0.3, 0.4) is 0 Å². The highest BCUT2D eigenvalue weighted by atomic mass is 32.2. The van der Waals surface area contributed by atoms with Gasteiger partial charge in [0, 0.05) is 10.9 Å². The first-order valence-electron chi connectivity index (χ1n) is 7.81. The van der Waals surface area contributed by atoms with Crippen molar-refractivity contribution in [2.45, 2.75) is 10.9 Å². The Morgan fingerprint density at radius 3 is 2.77 bits per heavy atom. The number of nitrogens with zero attached hydrogens (tertiary/aromatic N) is 2. The number of aromatic nitrogens is 3. The highest BCUT2D eigenvalue weighted by Crippen LogP contribution is 2.28. The number of rotatable bonds is 5. The fourth-order valence-electron chi connectivity index (χ4n) is 2.60. The summed E-state index contributed by atoms with van der Waals surface area (Å²) in [7, 11) is -2.00. The van der Waals surface area contributed by atoms with Crippen LogP contribution in [-0.2, 0) is 15.6 Å². The van der Waals surface area contributed by atoms with Crippen LogP contribution in [0, 0.1) is 0 Å². The van der Waals surface area contributed by atoms with Gasteiger partial charge >= 0.3 is 0 Å². The van der Waals surface area contributed by atoms with Crippen LogP contribution in [0.4, 0.5) is 0 Å². The van der Waals surface area contributed by atoms with Crippen molar-refractivity contribution in [3.8, 4) is 16.3 Å². The average Bonchev–Trinajstić information content (AvgIpc) is 3.28. The van der Waals surface area contributed by atoms with Gasteiger partial charge in [0.1, 0.15) is 16.5 Å². The largest absolute Gasteiger partial charge is 0.497 e. The van der Waals surface area contributed by atoms with Crippen LogP contribution in [0.15, 0.2) is 59.1 Å². The third-order valence-electron chi connectivity index (χ3n) is 3.87. The predicted octanol–water partition coefficient (Wildman–Crippen LogP) is 3.67. The number of H-pyrrole nitrogens is 1. The topological polar surface area (TPSA) is 84.9 Å². The van der Waals surface area contributed by atoms with Crippen LogP contribution in [0.5, 0.6) is 5.75 Å². The fourth-order valence-corrected chi connectivity index (χ4v) is 4.70. The van der Waals surface area contributed by atoms with E-state index in [2.05, 4.69) is 15.0 Å². The second-order valence-corrected chi connectivity index (χ2v) is 8.46. The molecule has 8 heteroatoms. The lowest BCUT2D eigenvalue weighted by molar-refractivity contribution is 0.415. The van der Waals surface area contributed by atoms with Crippen LogP contribution in [0.25, 0.3) is 21.6 Å². The number of nitrogens with one attached hydrogen (secondary N) is 1. The minimum Gasteiger partial charge on any atom is -0.497 e. The van der Waals surface area contributed by atoms with Gasteiger partial charge in [-0.15, -0.1) is 11.3 Å². The maximum absolute atomic E-state index is 12.7. The quantitative estimate of drug-likeness (QED) is 0.567. The lowest BCUT2D eigenvalue weighted by Gasteiger charge is -2.01. The number of benzene rings is 2. The normalized spacial score (nSPS) is 11.7. The molecule has 2 aromatic heterocycles. The van der Waals surface area contributed by atoms with Gasteiger partial charge in [0.15, 0.2) is 0 Å². The number of hydrogen-bond acceptors (Lipinski definition) is 6. The van der Waals surface area contributed by atoms with Crippen LogP contribution in [-0.4, -0.2) is 30.5 Å². The molecule has 0 amide bonds. The summed E-state index contributed by atoms with van der Waals surface area (Å²) < 4.78 is 30.6. The van der Waals surface area contributed by atoms with Gasteiger partial charge in [-0.25, -0.2) is 18.4 Å². The Labute approximate surface area is 154 Å². The Kier molecular flexibility index (Phi) is 4.21. The predicted molar refractivity (Wildman–Crippen MR) is 101 cm³/mol. The molecule has 0 bridgehead atoms. The molecule has 132 valence electrons. The van der Waals surface area contributed by atoms with E-state index in [0.717, 1.165) is 16.3 Å². The first kappa shape index (κ1) is 16.7. The van der Waals surface area contributed by atoms with Gasteiger partial charge in [0.2, 0.25) is 15.0 Å². The zero-order chi connectivity index (χ0) is 18.1. The lowest BCUT2D eigenvalue weighted by Crippen LogP contribution is -2.07. The smallest absolute Gasteiger partial charge is 0.226 e. The van der Waals surface area contributed by atoms with E-state index in [1.165, 1.54) is 11.3 Å². The van der Waals surface area contributed by atoms with Crippen molar-refractivity contribution in [3.05, 3.63) is 59.6 Å². The Morgan fingerprint density at radius 2 is 1.96 bits per heavy atom. The average molecular weight is 385 g/mol. The number of thiazole rings is 1. The SMILES string of the molecule is COc1cccc(-c2nc(CS(=O)(=O)c3nc4ccccc4[nH]3)cs2)c1. The molecule has 0 aliphatic rings. The zero-order valence-electron chi connectivity index (χ0n) is 13.8. The highest BCUT2D eigenvalue weighted by molar-refractivity contribution is 7.90. The third kappa shape index (κ3) is 3.21. The van der Waals surface area contributed by atoms with E-state index >= 15 is 0 Å². The molecule has 0 atom stereocenters. The third-order valence-corrected chi connectivity index (χ3v) is 6.27. The summed E-state index contributed by atoms with van der Waals surface area (Å²) in [5.41, 5.74) is 2.71. The summed E-state index contributed by atoms with van der Waals surface area (Å²) in [5.74, 6) is 0.530. The van der Waals surface area contributed by atoms with E-state index in [9.17, 15) is 8.42 Å². The van der Waals surface area contributed by atoms with Gasteiger partial charge in [-0.05, 0) is 24.3 Å². The van der Waals surface area contributed by atoms with E-state index in [1.807, 2.05) is 36.4 Å². The van der Waals surface area contributed by atoms with Crippen LogP contribution in [0.1, 0.15) is 5.69 Å². The molecular formula is C18H15N3O3S2. The number of imidazole rings is 1. The van der Waals surface area contributed by atoms with E-state index in [-0.39, 0.29) is 10.9 Å². The Bertz CT molecular complexity index is 1150.